The molecule has 2 nitrogen and oxygen atoms in total. The van der Waals surface area contributed by atoms with Gasteiger partial charge in [-0.3, -0.25) is 0 Å². The molecule has 40 valence electrons. The Morgan fingerprint density at radius 3 is 1.71 bits per heavy atom. The molecule has 0 fully saturated rings. The first-order chi connectivity index (χ1) is 3.41. The molecule has 0 radical (unpaired) electrons. The lowest BCUT2D eigenvalue weighted by Crippen LogP contribution is -1.56. The van der Waals surface area contributed by atoms with E-state index >= 15 is 0 Å². The highest BCUT2D eigenvalue weighted by molar-refractivity contribution is 4.84. The van der Waals surface area contributed by atoms with Gasteiger partial charge in [-0.15, -0.1) is 0 Å². The molecule has 0 aliphatic carbocycles. The van der Waals surface area contributed by atoms with E-state index in [-0.39, 0.29) is 0 Å². The van der Waals surface area contributed by atoms with Gasteiger partial charge in [-0.05, 0) is 18.6 Å². The van der Waals surface area contributed by atoms with Crippen LogP contribution in [0.15, 0.2) is 24.7 Å². The van der Waals surface area contributed by atoms with Crippen LogP contribution in [0.2, 0.25) is 0 Å². The van der Waals surface area contributed by atoms with E-state index in [1.165, 1.54) is 12.2 Å². The molecule has 0 unspecified atom stereocenters. The largest absolute Gasteiger partial charge is 0.516 e. The van der Waals surface area contributed by atoms with Crippen molar-refractivity contribution in [3.05, 3.63) is 24.7 Å². The average Bonchev–Trinajstić information content (AvgIpc) is 1.69. The molecule has 0 bridgehead atoms. The fourth-order valence-electron chi connectivity index (χ4n) is 0.200. The molecule has 0 aliphatic rings. The Morgan fingerprint density at radius 1 is 1.00 bits per heavy atom. The fraction of sp³-hybridized carbons (Fsp3) is 0.200. The molecule has 7 heavy (non-hydrogen) atoms. The third-order valence-electron chi connectivity index (χ3n) is 0.483. The van der Waals surface area contributed by atoms with Gasteiger partial charge in [-0.2, -0.15) is 0 Å². The van der Waals surface area contributed by atoms with Crippen molar-refractivity contribution >= 4 is 0 Å². The first-order valence-corrected chi connectivity index (χ1v) is 2.00. The highest BCUT2D eigenvalue weighted by Crippen LogP contribution is 1.80. The molecule has 0 spiro atoms. The number of aliphatic hydroxyl groups excluding tert-OH is 2. The van der Waals surface area contributed by atoms with Gasteiger partial charge in [-0.25, -0.2) is 0 Å². The van der Waals surface area contributed by atoms with E-state index in [9.17, 15) is 0 Å². The van der Waals surface area contributed by atoms with E-state index in [1.54, 1.807) is 0 Å². The number of allylic oxidation sites excluding steroid dienone is 2. The van der Waals surface area contributed by atoms with Gasteiger partial charge < -0.3 is 10.2 Å². The minimum atomic E-state index is 0.576. The van der Waals surface area contributed by atoms with Crippen LogP contribution in [0, 0.1) is 0 Å². The van der Waals surface area contributed by atoms with Crippen LogP contribution in [-0.2, 0) is 0 Å². The summed E-state index contributed by atoms with van der Waals surface area (Å²) in [6.45, 7) is 0. The minimum Gasteiger partial charge on any atom is -0.516 e. The maximum absolute atomic E-state index is 8.00. The van der Waals surface area contributed by atoms with Crippen molar-refractivity contribution in [2.45, 2.75) is 6.42 Å². The van der Waals surface area contributed by atoms with Gasteiger partial charge in [0.15, 0.2) is 0 Å². The van der Waals surface area contributed by atoms with Crippen LogP contribution in [0.1, 0.15) is 6.42 Å². The minimum absolute atomic E-state index is 0.576. The lowest BCUT2D eigenvalue weighted by Gasteiger charge is -1.72. The molecule has 0 aliphatic heterocycles. The highest BCUT2D eigenvalue weighted by Gasteiger charge is 1.63. The summed E-state index contributed by atoms with van der Waals surface area (Å²) in [4.78, 5) is 0. The third kappa shape index (κ3) is 5.08. The van der Waals surface area contributed by atoms with Crippen molar-refractivity contribution in [2.24, 2.45) is 0 Å². The summed E-state index contributed by atoms with van der Waals surface area (Å²) < 4.78 is 0. The van der Waals surface area contributed by atoms with Gasteiger partial charge in [-0.1, -0.05) is 0 Å². The van der Waals surface area contributed by atoms with Crippen molar-refractivity contribution in [3.63, 3.8) is 0 Å². The molecule has 0 saturated carbocycles. The molecule has 0 heterocycles. The Balaban J connectivity index is 2.98. The zero-order valence-corrected chi connectivity index (χ0v) is 3.91. The SMILES string of the molecule is OC=CCC=CO. The van der Waals surface area contributed by atoms with E-state index in [0.29, 0.717) is 6.42 Å². The van der Waals surface area contributed by atoms with Crippen LogP contribution < -0.4 is 0 Å². The molecular weight excluding hydrogens is 92.1 g/mol. The first kappa shape index (κ1) is 6.08. The smallest absolute Gasteiger partial charge is 0.0754 e. The fourth-order valence-corrected chi connectivity index (χ4v) is 0.200. The van der Waals surface area contributed by atoms with Crippen molar-refractivity contribution in [1.29, 1.82) is 0 Å². The molecule has 0 aromatic carbocycles. The summed E-state index contributed by atoms with van der Waals surface area (Å²) in [5.41, 5.74) is 0. The number of rotatable bonds is 2. The van der Waals surface area contributed by atoms with Crippen molar-refractivity contribution in [1.82, 2.24) is 0 Å². The van der Waals surface area contributed by atoms with Gasteiger partial charge in [0.2, 0.25) is 0 Å². The molecular formula is C5H8O2. The topological polar surface area (TPSA) is 40.5 Å². The van der Waals surface area contributed by atoms with Crippen molar-refractivity contribution in [2.75, 3.05) is 0 Å². The van der Waals surface area contributed by atoms with E-state index in [4.69, 9.17) is 10.2 Å². The quantitative estimate of drug-likeness (QED) is 0.516. The van der Waals surface area contributed by atoms with Gasteiger partial charge in [0.1, 0.15) is 0 Å². The van der Waals surface area contributed by atoms with Crippen molar-refractivity contribution in [3.8, 4) is 0 Å². The van der Waals surface area contributed by atoms with Gasteiger partial charge >= 0.3 is 0 Å². The normalized spacial score (nSPS) is 11.4. The highest BCUT2D eigenvalue weighted by atomic mass is 16.2. The van der Waals surface area contributed by atoms with Crippen molar-refractivity contribution < 1.29 is 10.2 Å². The van der Waals surface area contributed by atoms with E-state index < -0.39 is 0 Å². The second kappa shape index (κ2) is 5.08. The number of hydrogen-bond acceptors (Lipinski definition) is 2. The molecule has 0 saturated heterocycles. The maximum Gasteiger partial charge on any atom is 0.0754 e. The Kier molecular flexibility index (Phi) is 4.41. The zero-order chi connectivity index (χ0) is 5.54. The predicted octanol–water partition coefficient (Wildman–Crippen LogP) is 1.52. The third-order valence-corrected chi connectivity index (χ3v) is 0.483. The molecule has 0 rings (SSSR count). The van der Waals surface area contributed by atoms with Crippen LogP contribution >= 0.6 is 0 Å². The molecule has 0 amide bonds. The van der Waals surface area contributed by atoms with Crippen LogP contribution in [0.4, 0.5) is 0 Å². The number of aliphatic hydroxyl groups is 2. The molecule has 0 aromatic rings. The van der Waals surface area contributed by atoms with Gasteiger partial charge in [0.25, 0.3) is 0 Å². The summed E-state index contributed by atoms with van der Waals surface area (Å²) in [6, 6.07) is 0. The molecule has 2 heteroatoms. The Morgan fingerprint density at radius 2 is 1.43 bits per heavy atom. The monoisotopic (exact) mass is 100 g/mol. The van der Waals surface area contributed by atoms with E-state index in [2.05, 4.69) is 0 Å². The second-order valence-electron chi connectivity index (χ2n) is 1.01. The second-order valence-corrected chi connectivity index (χ2v) is 1.01. The van der Waals surface area contributed by atoms with Gasteiger partial charge in [0.05, 0.1) is 12.5 Å². The molecule has 2 N–H and O–H groups in total. The lowest BCUT2D eigenvalue weighted by molar-refractivity contribution is 0.468. The summed E-state index contributed by atoms with van der Waals surface area (Å²) in [7, 11) is 0. The van der Waals surface area contributed by atoms with Crippen LogP contribution in [-0.4, -0.2) is 10.2 Å². The first-order valence-electron chi connectivity index (χ1n) is 2.00. The Hall–Kier alpha value is -0.920. The predicted molar refractivity (Wildman–Crippen MR) is 28.2 cm³/mol. The molecule has 0 aromatic heterocycles. The van der Waals surface area contributed by atoms with E-state index in [0.717, 1.165) is 12.5 Å². The number of hydrogen-bond donors (Lipinski definition) is 2. The lowest BCUT2D eigenvalue weighted by atomic mass is 10.4. The average molecular weight is 100 g/mol. The van der Waals surface area contributed by atoms with E-state index in [1.807, 2.05) is 0 Å². The summed E-state index contributed by atoms with van der Waals surface area (Å²) in [5, 5.41) is 16.0. The van der Waals surface area contributed by atoms with Crippen LogP contribution in [0.25, 0.3) is 0 Å². The van der Waals surface area contributed by atoms with Gasteiger partial charge in [0, 0.05) is 0 Å². The summed E-state index contributed by atoms with van der Waals surface area (Å²) in [6.07, 6.45) is 5.51. The van der Waals surface area contributed by atoms with Crippen LogP contribution in [0.5, 0.6) is 0 Å². The maximum atomic E-state index is 8.00. The standard InChI is InChI=1S/C5H8O2/c6-4-2-1-3-5-7/h2-7H,1H2. The van der Waals surface area contributed by atoms with Crippen LogP contribution in [0.3, 0.4) is 0 Å². The Bertz CT molecular complexity index is 64.1. The Labute approximate surface area is 42.4 Å². The summed E-state index contributed by atoms with van der Waals surface area (Å²) >= 11 is 0. The zero-order valence-electron chi connectivity index (χ0n) is 3.91. The molecule has 0 atom stereocenters. The summed E-state index contributed by atoms with van der Waals surface area (Å²) in [5.74, 6) is 0.